The molecular formula is C14H19BrN2O2. The quantitative estimate of drug-likeness (QED) is 0.652. The number of hydrogen-bond donors (Lipinski definition) is 1. The minimum atomic E-state index is -0.329. The highest BCUT2D eigenvalue weighted by molar-refractivity contribution is 9.10. The first-order valence-corrected chi connectivity index (χ1v) is 7.45. The van der Waals surface area contributed by atoms with Crippen LogP contribution in [0.3, 0.4) is 0 Å². The zero-order chi connectivity index (χ0) is 14.0. The molecule has 0 saturated heterocycles. The van der Waals surface area contributed by atoms with Crippen molar-refractivity contribution >= 4 is 27.3 Å². The van der Waals surface area contributed by atoms with Crippen LogP contribution >= 0.6 is 15.9 Å². The molecule has 1 N–H and O–H groups in total. The second-order valence-electron chi connectivity index (χ2n) is 5.68. The Hall–Kier alpha value is -1.10. The molecule has 0 bridgehead atoms. The van der Waals surface area contributed by atoms with Gasteiger partial charge in [-0.2, -0.15) is 0 Å². The molecule has 0 heterocycles. The van der Waals surface area contributed by atoms with Gasteiger partial charge in [-0.05, 0) is 43.2 Å². The SMILES string of the molecule is CC1CC(C)CC(Nc2cc(Br)ccc2[N+](=O)[O-])C1. The maximum atomic E-state index is 11.1. The number of nitrogens with zero attached hydrogens (tertiary/aromatic N) is 1. The van der Waals surface area contributed by atoms with E-state index in [0.29, 0.717) is 23.6 Å². The number of rotatable bonds is 3. The molecular weight excluding hydrogens is 308 g/mol. The van der Waals surface area contributed by atoms with Crippen LogP contribution in [0.4, 0.5) is 11.4 Å². The molecule has 1 aliphatic carbocycles. The van der Waals surface area contributed by atoms with Crippen molar-refractivity contribution in [3.05, 3.63) is 32.8 Å². The van der Waals surface area contributed by atoms with Crippen molar-refractivity contribution in [1.82, 2.24) is 0 Å². The fourth-order valence-corrected chi connectivity index (χ4v) is 3.43. The van der Waals surface area contributed by atoms with Gasteiger partial charge in [-0.25, -0.2) is 0 Å². The molecule has 0 aliphatic heterocycles. The van der Waals surface area contributed by atoms with E-state index < -0.39 is 0 Å². The molecule has 0 spiro atoms. The summed E-state index contributed by atoms with van der Waals surface area (Å²) in [4.78, 5) is 10.7. The Kier molecular flexibility index (Phi) is 4.45. The Morgan fingerprint density at radius 2 is 1.89 bits per heavy atom. The van der Waals surface area contributed by atoms with Crippen LogP contribution in [0.25, 0.3) is 0 Å². The Balaban J connectivity index is 2.18. The number of hydrogen-bond acceptors (Lipinski definition) is 3. The van der Waals surface area contributed by atoms with Gasteiger partial charge in [-0.15, -0.1) is 0 Å². The van der Waals surface area contributed by atoms with E-state index in [1.165, 1.54) is 6.42 Å². The van der Waals surface area contributed by atoms with Gasteiger partial charge >= 0.3 is 0 Å². The van der Waals surface area contributed by atoms with Crippen LogP contribution in [0.1, 0.15) is 33.1 Å². The van der Waals surface area contributed by atoms with Gasteiger partial charge in [0.05, 0.1) is 4.92 Å². The maximum absolute atomic E-state index is 11.1. The smallest absolute Gasteiger partial charge is 0.292 e. The summed E-state index contributed by atoms with van der Waals surface area (Å²) >= 11 is 3.37. The van der Waals surface area contributed by atoms with Gasteiger partial charge in [0.1, 0.15) is 5.69 Å². The fourth-order valence-electron chi connectivity index (χ4n) is 3.07. The van der Waals surface area contributed by atoms with Gasteiger partial charge in [0, 0.05) is 16.6 Å². The first-order chi connectivity index (χ1) is 8.95. The third-order valence-electron chi connectivity index (χ3n) is 3.69. The first kappa shape index (κ1) is 14.3. The highest BCUT2D eigenvalue weighted by atomic mass is 79.9. The summed E-state index contributed by atoms with van der Waals surface area (Å²) in [5, 5.41) is 14.4. The molecule has 0 amide bonds. The molecule has 0 aromatic heterocycles. The lowest BCUT2D eigenvalue weighted by Crippen LogP contribution is -2.30. The molecule has 2 rings (SSSR count). The van der Waals surface area contributed by atoms with Crippen LogP contribution < -0.4 is 5.32 Å². The van der Waals surface area contributed by atoms with Crippen LogP contribution in [-0.4, -0.2) is 11.0 Å². The Morgan fingerprint density at radius 3 is 2.47 bits per heavy atom. The third-order valence-corrected chi connectivity index (χ3v) is 4.19. The minimum Gasteiger partial charge on any atom is -0.377 e. The van der Waals surface area contributed by atoms with Crippen LogP contribution in [0.5, 0.6) is 0 Å². The lowest BCUT2D eigenvalue weighted by atomic mass is 9.80. The van der Waals surface area contributed by atoms with Crippen molar-refractivity contribution in [2.24, 2.45) is 11.8 Å². The van der Waals surface area contributed by atoms with Crippen LogP contribution in [0.15, 0.2) is 22.7 Å². The zero-order valence-corrected chi connectivity index (χ0v) is 12.8. The topological polar surface area (TPSA) is 55.2 Å². The van der Waals surface area contributed by atoms with Crippen LogP contribution in [0.2, 0.25) is 0 Å². The molecule has 1 aliphatic rings. The molecule has 104 valence electrons. The summed E-state index contributed by atoms with van der Waals surface area (Å²) in [5.74, 6) is 1.35. The summed E-state index contributed by atoms with van der Waals surface area (Å²) in [5.41, 5.74) is 0.764. The number of nitrogens with one attached hydrogen (secondary N) is 1. The predicted molar refractivity (Wildman–Crippen MR) is 80.4 cm³/mol. The van der Waals surface area contributed by atoms with Crippen molar-refractivity contribution in [2.75, 3.05) is 5.32 Å². The molecule has 1 fully saturated rings. The maximum Gasteiger partial charge on any atom is 0.292 e. The summed E-state index contributed by atoms with van der Waals surface area (Å²) < 4.78 is 0.859. The van der Waals surface area contributed by atoms with Crippen LogP contribution in [0, 0.1) is 22.0 Å². The molecule has 0 radical (unpaired) electrons. The van der Waals surface area contributed by atoms with Gasteiger partial charge in [0.2, 0.25) is 0 Å². The molecule has 2 unspecified atom stereocenters. The largest absolute Gasteiger partial charge is 0.377 e. The van der Waals surface area contributed by atoms with Gasteiger partial charge in [-0.3, -0.25) is 10.1 Å². The molecule has 2 atom stereocenters. The Morgan fingerprint density at radius 1 is 1.26 bits per heavy atom. The van der Waals surface area contributed by atoms with Crippen LogP contribution in [-0.2, 0) is 0 Å². The van der Waals surface area contributed by atoms with E-state index in [-0.39, 0.29) is 10.6 Å². The average molecular weight is 327 g/mol. The van der Waals surface area contributed by atoms with Crippen molar-refractivity contribution in [3.63, 3.8) is 0 Å². The molecule has 19 heavy (non-hydrogen) atoms. The van der Waals surface area contributed by atoms with E-state index in [1.54, 1.807) is 18.2 Å². The number of halogens is 1. The lowest BCUT2D eigenvalue weighted by Gasteiger charge is -2.32. The van der Waals surface area contributed by atoms with E-state index in [9.17, 15) is 10.1 Å². The first-order valence-electron chi connectivity index (χ1n) is 6.66. The monoisotopic (exact) mass is 326 g/mol. The van der Waals surface area contributed by atoms with Crippen molar-refractivity contribution in [2.45, 2.75) is 39.2 Å². The second kappa shape index (κ2) is 5.90. The Bertz CT molecular complexity index is 469. The van der Waals surface area contributed by atoms with Gasteiger partial charge < -0.3 is 5.32 Å². The summed E-state index contributed by atoms with van der Waals surface area (Å²) in [6.07, 6.45) is 3.40. The predicted octanol–water partition coefficient (Wildman–Crippen LogP) is 4.59. The molecule has 5 heteroatoms. The highest BCUT2D eigenvalue weighted by Crippen LogP contribution is 2.34. The standard InChI is InChI=1S/C14H19BrN2O2/c1-9-5-10(2)7-12(6-9)16-13-8-11(15)3-4-14(13)17(18)19/h3-4,8-10,12,16H,5-7H2,1-2H3. The summed E-state index contributed by atoms with van der Waals surface area (Å²) in [7, 11) is 0. The fraction of sp³-hybridized carbons (Fsp3) is 0.571. The van der Waals surface area contributed by atoms with E-state index in [1.807, 2.05) is 0 Å². The summed E-state index contributed by atoms with van der Waals surface area (Å²) in [6.45, 7) is 4.50. The minimum absolute atomic E-state index is 0.147. The number of benzene rings is 1. The number of nitro benzene ring substituents is 1. The third kappa shape index (κ3) is 3.69. The van der Waals surface area contributed by atoms with Gasteiger partial charge in [0.15, 0.2) is 0 Å². The zero-order valence-electron chi connectivity index (χ0n) is 11.2. The highest BCUT2D eigenvalue weighted by Gasteiger charge is 2.25. The molecule has 1 aromatic carbocycles. The molecule has 1 saturated carbocycles. The van der Waals surface area contributed by atoms with Crippen molar-refractivity contribution in [1.29, 1.82) is 0 Å². The summed E-state index contributed by atoms with van der Waals surface area (Å²) in [6, 6.07) is 5.37. The molecule has 4 nitrogen and oxygen atoms in total. The number of nitro groups is 1. The second-order valence-corrected chi connectivity index (χ2v) is 6.59. The Labute approximate surface area is 121 Å². The van der Waals surface area contributed by atoms with E-state index >= 15 is 0 Å². The van der Waals surface area contributed by atoms with Gasteiger partial charge in [-0.1, -0.05) is 29.8 Å². The number of anilines is 1. The van der Waals surface area contributed by atoms with Gasteiger partial charge in [0.25, 0.3) is 5.69 Å². The average Bonchev–Trinajstić information content (AvgIpc) is 2.26. The molecule has 1 aromatic rings. The lowest BCUT2D eigenvalue weighted by molar-refractivity contribution is -0.384. The van der Waals surface area contributed by atoms with E-state index in [2.05, 4.69) is 35.1 Å². The normalized spacial score (nSPS) is 27.0. The van der Waals surface area contributed by atoms with E-state index in [0.717, 1.165) is 17.3 Å². The van der Waals surface area contributed by atoms with E-state index in [4.69, 9.17) is 0 Å². The van der Waals surface area contributed by atoms with Crippen molar-refractivity contribution < 1.29 is 4.92 Å². The van der Waals surface area contributed by atoms with Crippen molar-refractivity contribution in [3.8, 4) is 0 Å².